The van der Waals surface area contributed by atoms with Gasteiger partial charge in [-0.25, -0.2) is 13.4 Å². The molecule has 2 aromatic rings. The van der Waals surface area contributed by atoms with Gasteiger partial charge < -0.3 is 4.90 Å². The van der Waals surface area contributed by atoms with Gasteiger partial charge in [-0.05, 0) is 19.1 Å². The molecule has 2 aromatic heterocycles. The first kappa shape index (κ1) is 22.6. The number of hydrogen-bond donors (Lipinski definition) is 0. The molecule has 0 N–H and O–H groups in total. The van der Waals surface area contributed by atoms with E-state index in [-0.39, 0.29) is 11.7 Å². The molecule has 6 nitrogen and oxygen atoms in total. The van der Waals surface area contributed by atoms with Gasteiger partial charge in [0, 0.05) is 30.9 Å². The Kier molecular flexibility index (Phi) is 7.40. The smallest absolute Gasteiger partial charge is 0.301 e. The van der Waals surface area contributed by atoms with Gasteiger partial charge in [0.05, 0.1) is 17.9 Å². The second-order valence-corrected chi connectivity index (χ2v) is 9.40. The van der Waals surface area contributed by atoms with Crippen LogP contribution < -0.4 is 4.90 Å². The van der Waals surface area contributed by atoms with Crippen LogP contribution in [-0.2, 0) is 14.6 Å². The van der Waals surface area contributed by atoms with Crippen molar-refractivity contribution >= 4 is 43.7 Å². The van der Waals surface area contributed by atoms with Gasteiger partial charge >= 0.3 is 6.18 Å². The summed E-state index contributed by atoms with van der Waals surface area (Å²) in [5.74, 6) is -2.26. The minimum atomic E-state index is -4.56. The highest BCUT2D eigenvalue weighted by atomic mass is 35.5. The maximum Gasteiger partial charge on any atom is 0.390 e. The Morgan fingerprint density at radius 3 is 2.61 bits per heavy atom. The fraction of sp³-hybridized carbons (Fsp3) is 0.438. The zero-order valence-corrected chi connectivity index (χ0v) is 17.1. The number of alkyl halides is 3. The summed E-state index contributed by atoms with van der Waals surface area (Å²) in [5.41, 5.74) is 0.707. The number of thiazole rings is 1. The van der Waals surface area contributed by atoms with E-state index in [1.165, 1.54) is 4.90 Å². The molecule has 12 heteroatoms. The number of nitrogens with zero attached hydrogens (tertiary/aromatic N) is 3. The topological polar surface area (TPSA) is 80.2 Å². The van der Waals surface area contributed by atoms with Crippen molar-refractivity contribution in [3.63, 3.8) is 0 Å². The van der Waals surface area contributed by atoms with E-state index < -0.39 is 46.3 Å². The van der Waals surface area contributed by atoms with E-state index in [1.807, 2.05) is 0 Å². The molecule has 0 bridgehead atoms. The Morgan fingerprint density at radius 1 is 1.32 bits per heavy atom. The van der Waals surface area contributed by atoms with Crippen LogP contribution in [0.25, 0.3) is 10.6 Å². The van der Waals surface area contributed by atoms with Gasteiger partial charge in [0.25, 0.3) is 0 Å². The highest BCUT2D eigenvalue weighted by molar-refractivity contribution is 7.91. The van der Waals surface area contributed by atoms with E-state index >= 15 is 0 Å². The van der Waals surface area contributed by atoms with Crippen LogP contribution in [0.15, 0.2) is 24.5 Å². The number of carbonyl (C=O) groups excluding carboxylic acids is 1. The van der Waals surface area contributed by atoms with Crippen LogP contribution >= 0.6 is 22.9 Å². The lowest BCUT2D eigenvalue weighted by atomic mass is 10.3. The van der Waals surface area contributed by atoms with Crippen molar-refractivity contribution in [1.29, 1.82) is 0 Å². The van der Waals surface area contributed by atoms with Gasteiger partial charge in [-0.15, -0.1) is 0 Å². The van der Waals surface area contributed by atoms with E-state index in [2.05, 4.69) is 9.97 Å². The summed E-state index contributed by atoms with van der Waals surface area (Å²) < 4.78 is 60.2. The minimum absolute atomic E-state index is 0.0824. The van der Waals surface area contributed by atoms with Crippen LogP contribution in [0.4, 0.5) is 18.2 Å². The molecule has 0 aliphatic rings. The summed E-state index contributed by atoms with van der Waals surface area (Å²) in [5, 5.41) is 0.969. The van der Waals surface area contributed by atoms with Crippen LogP contribution in [-0.4, -0.2) is 48.5 Å². The molecule has 0 radical (unpaired) electrons. The molecule has 0 fully saturated rings. The van der Waals surface area contributed by atoms with Crippen molar-refractivity contribution in [3.8, 4) is 10.6 Å². The number of rotatable bonds is 8. The van der Waals surface area contributed by atoms with Crippen LogP contribution in [0.3, 0.4) is 0 Å². The fourth-order valence-electron chi connectivity index (χ4n) is 2.26. The van der Waals surface area contributed by atoms with E-state index in [0.717, 1.165) is 11.3 Å². The monoisotopic (exact) mass is 455 g/mol. The van der Waals surface area contributed by atoms with Gasteiger partial charge in [-0.2, -0.15) is 13.2 Å². The summed E-state index contributed by atoms with van der Waals surface area (Å²) >= 11 is 7.29. The van der Waals surface area contributed by atoms with Crippen molar-refractivity contribution in [3.05, 3.63) is 29.7 Å². The van der Waals surface area contributed by atoms with E-state index in [4.69, 9.17) is 11.6 Å². The molecule has 0 aliphatic heterocycles. The average Bonchev–Trinajstić information content (AvgIpc) is 3.01. The fourth-order valence-corrected chi connectivity index (χ4v) is 4.87. The van der Waals surface area contributed by atoms with Crippen molar-refractivity contribution < 1.29 is 26.4 Å². The third kappa shape index (κ3) is 6.42. The standard InChI is InChI=1S/C16H17ClF3N3O3S2/c1-2-23(12(24)5-8-28(25,26)9-6-16(18,19)20)15-13(17)22-14(27-15)11-4-3-7-21-10-11/h3-4,7,10H,2,5-6,8-9H2,1H3. The van der Waals surface area contributed by atoms with Crippen LogP contribution in [0.1, 0.15) is 19.8 Å². The third-order valence-electron chi connectivity index (χ3n) is 3.66. The molecular formula is C16H17ClF3N3O3S2. The molecule has 0 aliphatic carbocycles. The summed E-state index contributed by atoms with van der Waals surface area (Å²) in [6.45, 7) is 1.88. The molecule has 0 aromatic carbocycles. The lowest BCUT2D eigenvalue weighted by Crippen LogP contribution is -2.32. The molecule has 0 saturated heterocycles. The number of anilines is 1. The SMILES string of the molecule is CCN(C(=O)CCS(=O)(=O)CCC(F)(F)F)c1sc(-c2cccnc2)nc1Cl. The van der Waals surface area contributed by atoms with E-state index in [9.17, 15) is 26.4 Å². The second kappa shape index (κ2) is 9.19. The third-order valence-corrected chi connectivity index (χ3v) is 6.82. The normalized spacial score (nSPS) is 12.2. The summed E-state index contributed by atoms with van der Waals surface area (Å²) in [6.07, 6.45) is -3.25. The Bertz CT molecular complexity index is 918. The zero-order valence-electron chi connectivity index (χ0n) is 14.7. The number of halogens is 4. The predicted molar refractivity (Wildman–Crippen MR) is 102 cm³/mol. The van der Waals surface area contributed by atoms with Gasteiger partial charge in [-0.3, -0.25) is 9.78 Å². The van der Waals surface area contributed by atoms with Crippen molar-refractivity contribution in [1.82, 2.24) is 9.97 Å². The Labute approximate surface area is 169 Å². The molecule has 0 unspecified atom stereocenters. The molecule has 0 atom stereocenters. The summed E-state index contributed by atoms with van der Waals surface area (Å²) in [6, 6.07) is 3.50. The lowest BCUT2D eigenvalue weighted by Gasteiger charge is -2.19. The van der Waals surface area contributed by atoms with Crippen molar-refractivity contribution in [2.75, 3.05) is 23.0 Å². The number of pyridine rings is 1. The molecule has 2 heterocycles. The quantitative estimate of drug-likeness (QED) is 0.601. The van der Waals surface area contributed by atoms with Gasteiger partial charge in [-0.1, -0.05) is 22.9 Å². The first-order valence-corrected chi connectivity index (χ1v) is 11.2. The largest absolute Gasteiger partial charge is 0.390 e. The van der Waals surface area contributed by atoms with Crippen molar-refractivity contribution in [2.45, 2.75) is 25.9 Å². The summed E-state index contributed by atoms with van der Waals surface area (Å²) in [4.78, 5) is 21.9. The molecule has 2 rings (SSSR count). The van der Waals surface area contributed by atoms with Crippen LogP contribution in [0.5, 0.6) is 0 Å². The minimum Gasteiger partial charge on any atom is -0.301 e. The second-order valence-electron chi connectivity index (χ2n) is 5.76. The van der Waals surface area contributed by atoms with Crippen LogP contribution in [0, 0.1) is 0 Å². The molecular weight excluding hydrogens is 439 g/mol. The molecule has 0 saturated carbocycles. The lowest BCUT2D eigenvalue weighted by molar-refractivity contribution is -0.129. The maximum absolute atomic E-state index is 12.5. The molecule has 0 spiro atoms. The molecule has 1 amide bonds. The molecule has 28 heavy (non-hydrogen) atoms. The first-order valence-electron chi connectivity index (χ1n) is 8.16. The van der Waals surface area contributed by atoms with Gasteiger partial charge in [0.2, 0.25) is 5.91 Å². The zero-order chi connectivity index (χ0) is 20.9. The Morgan fingerprint density at radius 2 is 2.04 bits per heavy atom. The van der Waals surface area contributed by atoms with Crippen molar-refractivity contribution in [2.24, 2.45) is 0 Å². The number of hydrogen-bond acceptors (Lipinski definition) is 6. The first-order chi connectivity index (χ1) is 13.0. The van der Waals surface area contributed by atoms with Crippen LogP contribution in [0.2, 0.25) is 5.15 Å². The summed E-state index contributed by atoms with van der Waals surface area (Å²) in [7, 11) is -4.00. The highest BCUT2D eigenvalue weighted by Crippen LogP contribution is 2.37. The Hall–Kier alpha value is -1.72. The van der Waals surface area contributed by atoms with E-state index in [1.54, 1.807) is 31.5 Å². The van der Waals surface area contributed by atoms with Gasteiger partial charge in [0.15, 0.2) is 15.0 Å². The predicted octanol–water partition coefficient (Wildman–Crippen LogP) is 3.97. The Balaban J connectivity index is 2.09. The van der Waals surface area contributed by atoms with Gasteiger partial charge in [0.1, 0.15) is 10.0 Å². The highest BCUT2D eigenvalue weighted by Gasteiger charge is 2.30. The van der Waals surface area contributed by atoms with E-state index in [0.29, 0.717) is 15.6 Å². The average molecular weight is 456 g/mol. The number of carbonyl (C=O) groups is 1. The molecule has 154 valence electrons. The number of aromatic nitrogens is 2. The maximum atomic E-state index is 12.5. The number of amides is 1. The number of sulfone groups is 1.